The number of carbonyl (C=O) groups excluding carboxylic acids is 2. The highest BCUT2D eigenvalue weighted by Crippen LogP contribution is 2.27. The summed E-state index contributed by atoms with van der Waals surface area (Å²) in [5.74, 6) is 1.39. The monoisotopic (exact) mass is 422 g/mol. The number of aromatic nitrogens is 2. The van der Waals surface area contributed by atoms with Crippen molar-refractivity contribution in [2.24, 2.45) is 5.92 Å². The molecule has 2 aromatic rings. The van der Waals surface area contributed by atoms with Crippen molar-refractivity contribution in [3.63, 3.8) is 0 Å². The molecule has 8 heteroatoms. The minimum Gasteiger partial charge on any atom is -0.363 e. The van der Waals surface area contributed by atoms with Gasteiger partial charge in [0.25, 0.3) is 0 Å². The Morgan fingerprint density at radius 2 is 1.71 bits per heavy atom. The van der Waals surface area contributed by atoms with Crippen LogP contribution in [0.5, 0.6) is 0 Å². The number of anilines is 3. The van der Waals surface area contributed by atoms with Crippen molar-refractivity contribution in [2.45, 2.75) is 20.3 Å². The van der Waals surface area contributed by atoms with Crippen LogP contribution in [0.1, 0.15) is 17.7 Å². The first-order valence-electron chi connectivity index (χ1n) is 10.8. The molecule has 3 heterocycles. The van der Waals surface area contributed by atoms with Crippen LogP contribution in [0.3, 0.4) is 0 Å². The van der Waals surface area contributed by atoms with Crippen LogP contribution >= 0.6 is 0 Å². The van der Waals surface area contributed by atoms with Crippen LogP contribution in [-0.4, -0.2) is 73.5 Å². The van der Waals surface area contributed by atoms with Gasteiger partial charge in [0.15, 0.2) is 0 Å². The van der Waals surface area contributed by atoms with Crippen LogP contribution in [0, 0.1) is 19.8 Å². The minimum absolute atomic E-state index is 0.0187. The van der Waals surface area contributed by atoms with Crippen molar-refractivity contribution in [1.29, 1.82) is 0 Å². The first-order valence-corrected chi connectivity index (χ1v) is 10.8. The second kappa shape index (κ2) is 8.53. The average Bonchev–Trinajstić information content (AvgIpc) is 3.15. The molecule has 0 spiro atoms. The molecular weight excluding hydrogens is 392 g/mol. The molecule has 2 aliphatic rings. The van der Waals surface area contributed by atoms with Gasteiger partial charge < -0.3 is 19.6 Å². The lowest BCUT2D eigenvalue weighted by molar-refractivity contribution is -0.136. The summed E-state index contributed by atoms with van der Waals surface area (Å²) in [6.07, 6.45) is 0.278. The van der Waals surface area contributed by atoms with E-state index in [-0.39, 0.29) is 24.2 Å². The maximum Gasteiger partial charge on any atom is 0.228 e. The van der Waals surface area contributed by atoms with Gasteiger partial charge in [0.2, 0.25) is 17.8 Å². The Morgan fingerprint density at radius 3 is 2.35 bits per heavy atom. The number of benzene rings is 1. The smallest absolute Gasteiger partial charge is 0.228 e. The minimum atomic E-state index is -0.282. The third-order valence-electron chi connectivity index (χ3n) is 5.98. The SMILES string of the molecule is Cc1ccc(N2CC(C(=O)N3CCN(c4nc(C)cc(N(C)C)n4)CC3)CC2=O)cc1. The summed E-state index contributed by atoms with van der Waals surface area (Å²) in [5.41, 5.74) is 2.94. The highest BCUT2D eigenvalue weighted by molar-refractivity contribution is 6.00. The zero-order valence-electron chi connectivity index (χ0n) is 18.7. The second-order valence-corrected chi connectivity index (χ2v) is 8.62. The van der Waals surface area contributed by atoms with Crippen molar-refractivity contribution >= 4 is 29.3 Å². The number of carbonyl (C=O) groups is 2. The van der Waals surface area contributed by atoms with Gasteiger partial charge in [-0.25, -0.2) is 4.98 Å². The number of hydrogen-bond acceptors (Lipinski definition) is 6. The third-order valence-corrected chi connectivity index (χ3v) is 5.98. The van der Waals surface area contributed by atoms with Gasteiger partial charge in [-0.05, 0) is 26.0 Å². The van der Waals surface area contributed by atoms with Crippen LogP contribution in [0.15, 0.2) is 30.3 Å². The highest BCUT2D eigenvalue weighted by Gasteiger charge is 2.38. The summed E-state index contributed by atoms with van der Waals surface area (Å²) in [6, 6.07) is 9.84. The van der Waals surface area contributed by atoms with E-state index in [1.165, 1.54) is 0 Å². The normalized spacial score (nSPS) is 19.2. The van der Waals surface area contributed by atoms with Crippen molar-refractivity contribution in [1.82, 2.24) is 14.9 Å². The molecule has 4 rings (SSSR count). The zero-order chi connectivity index (χ0) is 22.1. The number of aryl methyl sites for hydroxylation is 2. The van der Waals surface area contributed by atoms with Gasteiger partial charge in [-0.2, -0.15) is 4.98 Å². The Balaban J connectivity index is 1.38. The molecule has 1 unspecified atom stereocenters. The number of hydrogen-bond donors (Lipinski definition) is 0. The van der Waals surface area contributed by atoms with E-state index in [1.807, 2.05) is 68.1 Å². The van der Waals surface area contributed by atoms with Gasteiger partial charge in [-0.3, -0.25) is 9.59 Å². The molecule has 1 aromatic carbocycles. The molecule has 1 atom stereocenters. The van der Waals surface area contributed by atoms with Gasteiger partial charge in [-0.1, -0.05) is 17.7 Å². The molecule has 31 heavy (non-hydrogen) atoms. The Kier molecular flexibility index (Phi) is 5.80. The van der Waals surface area contributed by atoms with Crippen LogP contribution < -0.4 is 14.7 Å². The topological polar surface area (TPSA) is 72.9 Å². The molecule has 1 aromatic heterocycles. The molecule has 2 aliphatic heterocycles. The maximum absolute atomic E-state index is 13.1. The van der Waals surface area contributed by atoms with E-state index in [4.69, 9.17) is 0 Å². The lowest BCUT2D eigenvalue weighted by Gasteiger charge is -2.36. The maximum atomic E-state index is 13.1. The summed E-state index contributed by atoms with van der Waals surface area (Å²) in [5, 5.41) is 0. The molecule has 0 saturated carbocycles. The molecule has 2 fully saturated rings. The lowest BCUT2D eigenvalue weighted by Crippen LogP contribution is -2.51. The van der Waals surface area contributed by atoms with E-state index in [2.05, 4.69) is 14.9 Å². The van der Waals surface area contributed by atoms with Crippen LogP contribution in [0.25, 0.3) is 0 Å². The predicted octanol–water partition coefficient (Wildman–Crippen LogP) is 1.86. The number of rotatable bonds is 4. The molecule has 2 amide bonds. The summed E-state index contributed by atoms with van der Waals surface area (Å²) < 4.78 is 0. The Bertz CT molecular complexity index is 967. The predicted molar refractivity (Wildman–Crippen MR) is 122 cm³/mol. The molecule has 0 N–H and O–H groups in total. The van der Waals surface area contributed by atoms with Crippen molar-refractivity contribution in [3.05, 3.63) is 41.6 Å². The first kappa shape index (κ1) is 21.1. The van der Waals surface area contributed by atoms with Crippen LogP contribution in [0.4, 0.5) is 17.5 Å². The van der Waals surface area contributed by atoms with E-state index in [1.54, 1.807) is 4.90 Å². The number of nitrogens with zero attached hydrogens (tertiary/aromatic N) is 6. The Labute approximate surface area is 183 Å². The Morgan fingerprint density at radius 1 is 1.03 bits per heavy atom. The van der Waals surface area contributed by atoms with E-state index in [0.29, 0.717) is 38.7 Å². The molecule has 0 radical (unpaired) electrons. The third kappa shape index (κ3) is 4.47. The van der Waals surface area contributed by atoms with Crippen molar-refractivity contribution in [2.75, 3.05) is 61.5 Å². The molecular formula is C23H30N6O2. The van der Waals surface area contributed by atoms with E-state index < -0.39 is 0 Å². The quantitative estimate of drug-likeness (QED) is 0.749. The lowest BCUT2D eigenvalue weighted by atomic mass is 10.1. The highest BCUT2D eigenvalue weighted by atomic mass is 16.2. The van der Waals surface area contributed by atoms with Crippen molar-refractivity contribution in [3.8, 4) is 0 Å². The standard InChI is InChI=1S/C23H30N6O2/c1-16-5-7-19(8-6-16)29-15-18(14-21(29)30)22(31)27-9-11-28(12-10-27)23-24-17(2)13-20(25-23)26(3)4/h5-8,13,18H,9-12,14-15H2,1-4H3. The van der Waals surface area contributed by atoms with E-state index in [0.717, 1.165) is 22.8 Å². The van der Waals surface area contributed by atoms with E-state index in [9.17, 15) is 9.59 Å². The average molecular weight is 423 g/mol. The fourth-order valence-electron chi connectivity index (χ4n) is 4.14. The fourth-order valence-corrected chi connectivity index (χ4v) is 4.14. The van der Waals surface area contributed by atoms with Gasteiger partial charge in [-0.15, -0.1) is 0 Å². The zero-order valence-corrected chi connectivity index (χ0v) is 18.7. The molecule has 0 aliphatic carbocycles. The summed E-state index contributed by atoms with van der Waals surface area (Å²) in [4.78, 5) is 42.6. The van der Waals surface area contributed by atoms with Gasteiger partial charge >= 0.3 is 0 Å². The fraction of sp³-hybridized carbons (Fsp3) is 0.478. The van der Waals surface area contributed by atoms with Gasteiger partial charge in [0, 0.05) is 70.7 Å². The van der Waals surface area contributed by atoms with Gasteiger partial charge in [0.05, 0.1) is 5.92 Å². The summed E-state index contributed by atoms with van der Waals surface area (Å²) in [6.45, 7) is 7.04. The van der Waals surface area contributed by atoms with Crippen molar-refractivity contribution < 1.29 is 9.59 Å². The largest absolute Gasteiger partial charge is 0.363 e. The molecule has 164 valence electrons. The number of amides is 2. The molecule has 0 bridgehead atoms. The Hall–Kier alpha value is -3.16. The van der Waals surface area contributed by atoms with Crippen LogP contribution in [-0.2, 0) is 9.59 Å². The molecule has 2 saturated heterocycles. The van der Waals surface area contributed by atoms with Crippen LogP contribution in [0.2, 0.25) is 0 Å². The first-order chi connectivity index (χ1) is 14.8. The molecule has 8 nitrogen and oxygen atoms in total. The second-order valence-electron chi connectivity index (χ2n) is 8.62. The van der Waals surface area contributed by atoms with E-state index >= 15 is 0 Å². The van der Waals surface area contributed by atoms with Gasteiger partial charge in [0.1, 0.15) is 5.82 Å². The summed E-state index contributed by atoms with van der Waals surface area (Å²) in [7, 11) is 3.93. The summed E-state index contributed by atoms with van der Waals surface area (Å²) >= 11 is 0. The number of piperazine rings is 1.